The van der Waals surface area contributed by atoms with E-state index in [1.165, 1.54) is 18.6 Å². The molecule has 3 heterocycles. The number of nitrogens with one attached hydrogen (secondary N) is 3. The molecule has 1 aliphatic heterocycles. The Morgan fingerprint density at radius 1 is 1.03 bits per heavy atom. The lowest BCUT2D eigenvalue weighted by Crippen LogP contribution is -2.35. The summed E-state index contributed by atoms with van der Waals surface area (Å²) in [6, 6.07) is 11.6. The maximum atomic E-state index is 12.3. The lowest BCUT2D eigenvalue weighted by Gasteiger charge is -2.12. The van der Waals surface area contributed by atoms with Crippen LogP contribution in [0, 0.1) is 0 Å². The van der Waals surface area contributed by atoms with E-state index < -0.39 is 9.84 Å². The van der Waals surface area contributed by atoms with Gasteiger partial charge in [-0.1, -0.05) is 12.1 Å². The first-order valence-corrected chi connectivity index (χ1v) is 11.8. The number of carbonyl (C=O) groups is 1. The number of nitrogens with zero attached hydrogens (tertiary/aromatic N) is 3. The highest BCUT2D eigenvalue weighted by atomic mass is 32.2. The summed E-state index contributed by atoms with van der Waals surface area (Å²) in [4.78, 5) is 25.0. The predicted octanol–water partition coefficient (Wildman–Crippen LogP) is 2.28. The number of carbonyl (C=O) groups excluding carboxylic acids is 1. The highest BCUT2D eigenvalue weighted by Gasteiger charge is 2.18. The van der Waals surface area contributed by atoms with Crippen LogP contribution >= 0.6 is 0 Å². The van der Waals surface area contributed by atoms with Crippen LogP contribution in [0.25, 0.3) is 0 Å². The molecule has 166 valence electrons. The first-order chi connectivity index (χ1) is 15.4. The Balaban J connectivity index is 1.44. The van der Waals surface area contributed by atoms with Crippen molar-refractivity contribution in [2.45, 2.75) is 17.4 Å². The third-order valence-corrected chi connectivity index (χ3v) is 5.92. The summed E-state index contributed by atoms with van der Waals surface area (Å²) in [6.07, 6.45) is 4.78. The van der Waals surface area contributed by atoms with Gasteiger partial charge >= 0.3 is 0 Å². The number of amides is 1. The zero-order valence-corrected chi connectivity index (χ0v) is 18.1. The molecule has 1 aromatic carbocycles. The van der Waals surface area contributed by atoms with Crippen molar-refractivity contribution in [2.24, 2.45) is 0 Å². The molecule has 4 rings (SSSR count). The minimum absolute atomic E-state index is 0.0278. The minimum atomic E-state index is -3.40. The van der Waals surface area contributed by atoms with E-state index in [1.807, 2.05) is 0 Å². The first-order valence-electron chi connectivity index (χ1n) is 9.88. The fraction of sp³-hybridized carbons (Fsp3) is 0.238. The molecule has 0 aliphatic carbocycles. The average Bonchev–Trinajstić information content (AvgIpc) is 3.27. The Labute approximate surface area is 185 Å². The second-order valence-corrected chi connectivity index (χ2v) is 9.26. The van der Waals surface area contributed by atoms with E-state index in [0.717, 1.165) is 12.7 Å². The lowest BCUT2D eigenvalue weighted by atomic mass is 10.2. The monoisotopic (exact) mass is 454 g/mol. The average molecular weight is 455 g/mol. The van der Waals surface area contributed by atoms with E-state index >= 15 is 0 Å². The second kappa shape index (κ2) is 9.28. The number of sulfone groups is 1. The van der Waals surface area contributed by atoms with Gasteiger partial charge in [0.1, 0.15) is 23.8 Å². The Kier molecular flexibility index (Phi) is 6.28. The number of anilines is 4. The third kappa shape index (κ3) is 5.37. The predicted molar refractivity (Wildman–Crippen MR) is 119 cm³/mol. The van der Waals surface area contributed by atoms with Gasteiger partial charge < -0.3 is 20.7 Å². The van der Waals surface area contributed by atoms with Crippen LogP contribution in [-0.2, 0) is 14.6 Å². The molecular weight excluding hydrogens is 432 g/mol. The summed E-state index contributed by atoms with van der Waals surface area (Å²) in [7, 11) is -3.40. The molecular formula is C21H22N6O4S. The van der Waals surface area contributed by atoms with Crippen LogP contribution in [-0.4, -0.2) is 54.8 Å². The summed E-state index contributed by atoms with van der Waals surface area (Å²) in [5.74, 6) is 1.16. The smallest absolute Gasteiger partial charge is 0.253 e. The van der Waals surface area contributed by atoms with Gasteiger partial charge in [0, 0.05) is 25.1 Å². The molecule has 32 heavy (non-hydrogen) atoms. The largest absolute Gasteiger partial charge is 0.379 e. The van der Waals surface area contributed by atoms with E-state index in [-0.39, 0.29) is 16.8 Å². The molecule has 10 nitrogen and oxygen atoms in total. The molecule has 3 aromatic rings. The summed E-state index contributed by atoms with van der Waals surface area (Å²) in [6.45, 7) is 1.18. The molecule has 1 aliphatic rings. The number of hydrogen-bond donors (Lipinski definition) is 3. The van der Waals surface area contributed by atoms with E-state index in [0.29, 0.717) is 41.9 Å². The van der Waals surface area contributed by atoms with E-state index in [1.54, 1.807) is 36.4 Å². The van der Waals surface area contributed by atoms with Crippen LogP contribution in [0.4, 0.5) is 23.1 Å². The van der Waals surface area contributed by atoms with Crippen molar-refractivity contribution in [2.75, 3.05) is 30.1 Å². The highest BCUT2D eigenvalue weighted by molar-refractivity contribution is 7.90. The Morgan fingerprint density at radius 3 is 2.50 bits per heavy atom. The Hall–Kier alpha value is -3.57. The zero-order valence-electron chi connectivity index (χ0n) is 17.3. The molecule has 1 fully saturated rings. The van der Waals surface area contributed by atoms with Gasteiger partial charge in [0.05, 0.1) is 28.8 Å². The van der Waals surface area contributed by atoms with Gasteiger partial charge in [0.15, 0.2) is 9.84 Å². The normalized spacial score (nSPS) is 15.8. The van der Waals surface area contributed by atoms with Gasteiger partial charge in [-0.25, -0.2) is 23.4 Å². The maximum absolute atomic E-state index is 12.3. The maximum Gasteiger partial charge on any atom is 0.253 e. The number of rotatable bonds is 7. The van der Waals surface area contributed by atoms with Gasteiger partial charge in [-0.05, 0) is 30.7 Å². The molecule has 2 aromatic heterocycles. The minimum Gasteiger partial charge on any atom is -0.379 e. The van der Waals surface area contributed by atoms with Crippen LogP contribution in [0.2, 0.25) is 0 Å². The fourth-order valence-corrected chi connectivity index (χ4v) is 4.02. The van der Waals surface area contributed by atoms with Crippen molar-refractivity contribution in [3.63, 3.8) is 0 Å². The van der Waals surface area contributed by atoms with Crippen LogP contribution in [0.3, 0.4) is 0 Å². The number of ether oxygens (including phenoxy) is 1. The number of aromatic nitrogens is 3. The van der Waals surface area contributed by atoms with Crippen molar-refractivity contribution in [1.82, 2.24) is 20.3 Å². The molecule has 0 radical (unpaired) electrons. The van der Waals surface area contributed by atoms with Crippen molar-refractivity contribution in [3.8, 4) is 0 Å². The molecule has 1 atom stereocenters. The van der Waals surface area contributed by atoms with Crippen molar-refractivity contribution < 1.29 is 17.9 Å². The summed E-state index contributed by atoms with van der Waals surface area (Å²) >= 11 is 0. The highest BCUT2D eigenvalue weighted by Crippen LogP contribution is 2.25. The van der Waals surface area contributed by atoms with Gasteiger partial charge in [0.25, 0.3) is 5.91 Å². The summed E-state index contributed by atoms with van der Waals surface area (Å²) < 4.78 is 29.3. The Bertz CT molecular complexity index is 1210. The molecule has 3 N–H and O–H groups in total. The van der Waals surface area contributed by atoms with Crippen LogP contribution < -0.4 is 16.0 Å². The van der Waals surface area contributed by atoms with Crippen molar-refractivity contribution in [3.05, 3.63) is 60.6 Å². The molecule has 1 amide bonds. The van der Waals surface area contributed by atoms with Gasteiger partial charge in [0.2, 0.25) is 0 Å². The second-order valence-electron chi connectivity index (χ2n) is 7.27. The molecule has 0 spiro atoms. The standard InChI is InChI=1S/C21H22N6O4S/c1-32(29,30)17-5-3-2-4-16(17)26-19-10-20(24-13-23-19)27-18-7-6-14(11-22-18)21(28)25-15-8-9-31-12-15/h2-7,10-11,13,15H,8-9,12H2,1H3,(H,25,28)(H2,22,23,24,26,27). The van der Waals surface area contributed by atoms with Crippen LogP contribution in [0.5, 0.6) is 0 Å². The number of pyridine rings is 1. The van der Waals surface area contributed by atoms with Gasteiger partial charge in [-0.15, -0.1) is 0 Å². The van der Waals surface area contributed by atoms with Gasteiger partial charge in [-0.3, -0.25) is 4.79 Å². The summed E-state index contributed by atoms with van der Waals surface area (Å²) in [5.41, 5.74) is 0.866. The number of para-hydroxylation sites is 1. The van der Waals surface area contributed by atoms with E-state index in [4.69, 9.17) is 4.74 Å². The quantitative estimate of drug-likeness (QED) is 0.491. The third-order valence-electron chi connectivity index (χ3n) is 4.76. The fourth-order valence-electron chi connectivity index (χ4n) is 3.18. The first kappa shape index (κ1) is 21.7. The van der Waals surface area contributed by atoms with E-state index in [9.17, 15) is 13.2 Å². The van der Waals surface area contributed by atoms with Crippen LogP contribution in [0.1, 0.15) is 16.8 Å². The molecule has 11 heteroatoms. The van der Waals surface area contributed by atoms with E-state index in [2.05, 4.69) is 30.9 Å². The van der Waals surface area contributed by atoms with Crippen molar-refractivity contribution in [1.29, 1.82) is 0 Å². The molecule has 1 unspecified atom stereocenters. The van der Waals surface area contributed by atoms with Crippen LogP contribution in [0.15, 0.2) is 59.9 Å². The molecule has 1 saturated heterocycles. The Morgan fingerprint density at radius 2 is 1.81 bits per heavy atom. The number of benzene rings is 1. The molecule has 0 saturated carbocycles. The molecule has 0 bridgehead atoms. The summed E-state index contributed by atoms with van der Waals surface area (Å²) in [5, 5.41) is 8.97. The lowest BCUT2D eigenvalue weighted by molar-refractivity contribution is 0.0929. The number of hydrogen-bond acceptors (Lipinski definition) is 9. The van der Waals surface area contributed by atoms with Crippen molar-refractivity contribution >= 4 is 38.9 Å². The topological polar surface area (TPSA) is 135 Å². The SMILES string of the molecule is CS(=O)(=O)c1ccccc1Nc1cc(Nc2ccc(C(=O)NC3CCOC3)cn2)ncn1. The van der Waals surface area contributed by atoms with Gasteiger partial charge in [-0.2, -0.15) is 0 Å². The zero-order chi connectivity index (χ0) is 22.6.